The summed E-state index contributed by atoms with van der Waals surface area (Å²) in [6, 6.07) is 2.26. The first kappa shape index (κ1) is 8.86. The highest BCUT2D eigenvalue weighted by Crippen LogP contribution is 2.15. The fourth-order valence-corrected chi connectivity index (χ4v) is 1.25. The Morgan fingerprint density at radius 2 is 1.91 bits per heavy atom. The van der Waals surface area contributed by atoms with Crippen LogP contribution in [0.3, 0.4) is 0 Å². The van der Waals surface area contributed by atoms with Crippen LogP contribution in [0.1, 0.15) is 5.56 Å². The molecule has 0 amide bonds. The lowest BCUT2D eigenvalue weighted by Gasteiger charge is -2.00. The lowest BCUT2D eigenvalue weighted by atomic mass is 10.2. The van der Waals surface area contributed by atoms with Crippen LogP contribution in [0.15, 0.2) is 12.1 Å². The highest BCUT2D eigenvalue weighted by atomic mass is 127. The van der Waals surface area contributed by atoms with Crippen molar-refractivity contribution >= 4 is 22.6 Å². The van der Waals surface area contributed by atoms with Crippen molar-refractivity contribution in [1.29, 1.82) is 0 Å². The van der Waals surface area contributed by atoms with Crippen molar-refractivity contribution in [3.8, 4) is 0 Å². The van der Waals surface area contributed by atoms with E-state index in [1.54, 1.807) is 22.6 Å². The van der Waals surface area contributed by atoms with Crippen LogP contribution in [0.5, 0.6) is 0 Å². The van der Waals surface area contributed by atoms with E-state index in [-0.39, 0.29) is 6.54 Å². The highest BCUT2D eigenvalue weighted by Gasteiger charge is 2.05. The van der Waals surface area contributed by atoms with E-state index < -0.39 is 11.6 Å². The molecule has 0 atom stereocenters. The summed E-state index contributed by atoms with van der Waals surface area (Å²) in [6.07, 6.45) is 0. The van der Waals surface area contributed by atoms with Crippen molar-refractivity contribution in [2.75, 3.05) is 0 Å². The number of hydrogen-bond donors (Lipinski definition) is 1. The Hall–Kier alpha value is -0.230. The minimum atomic E-state index is -0.578. The quantitative estimate of drug-likeness (QED) is 0.612. The molecule has 2 N–H and O–H groups in total. The Labute approximate surface area is 76.7 Å². The second-order valence-corrected chi connectivity index (χ2v) is 3.22. The van der Waals surface area contributed by atoms with Gasteiger partial charge in [0, 0.05) is 21.7 Å². The van der Waals surface area contributed by atoms with E-state index in [1.807, 2.05) is 0 Å². The molecular weight excluding hydrogens is 263 g/mol. The topological polar surface area (TPSA) is 26.0 Å². The van der Waals surface area contributed by atoms with Gasteiger partial charge < -0.3 is 5.73 Å². The minimum Gasteiger partial charge on any atom is -0.326 e. The van der Waals surface area contributed by atoms with E-state index >= 15 is 0 Å². The fraction of sp³-hybridized carbons (Fsp3) is 0.143. The summed E-state index contributed by atoms with van der Waals surface area (Å²) >= 11 is 1.79. The maximum atomic E-state index is 12.7. The number of rotatable bonds is 1. The molecule has 0 saturated carbocycles. The van der Waals surface area contributed by atoms with Crippen LogP contribution in [0.4, 0.5) is 8.78 Å². The van der Waals surface area contributed by atoms with E-state index in [0.717, 1.165) is 6.07 Å². The minimum absolute atomic E-state index is 0.0993. The Morgan fingerprint density at radius 3 is 2.45 bits per heavy atom. The second kappa shape index (κ2) is 3.44. The molecule has 0 aromatic heterocycles. The molecule has 0 heterocycles. The maximum Gasteiger partial charge on any atom is 0.139 e. The van der Waals surface area contributed by atoms with Gasteiger partial charge in [-0.25, -0.2) is 8.78 Å². The smallest absolute Gasteiger partial charge is 0.139 e. The number of halogens is 3. The van der Waals surface area contributed by atoms with Gasteiger partial charge in [-0.1, -0.05) is 0 Å². The van der Waals surface area contributed by atoms with Gasteiger partial charge in [0.25, 0.3) is 0 Å². The molecule has 1 rings (SSSR count). The van der Waals surface area contributed by atoms with E-state index in [4.69, 9.17) is 5.73 Å². The van der Waals surface area contributed by atoms with Gasteiger partial charge in [0.15, 0.2) is 0 Å². The number of benzene rings is 1. The molecule has 60 valence electrons. The molecule has 1 aromatic rings. The van der Waals surface area contributed by atoms with Gasteiger partial charge in [-0.3, -0.25) is 0 Å². The zero-order chi connectivity index (χ0) is 8.43. The van der Waals surface area contributed by atoms with Gasteiger partial charge in [-0.2, -0.15) is 0 Å². The first-order valence-corrected chi connectivity index (χ1v) is 4.06. The molecule has 0 saturated heterocycles. The third kappa shape index (κ3) is 1.87. The first-order valence-electron chi connectivity index (χ1n) is 2.98. The summed E-state index contributed by atoms with van der Waals surface area (Å²) in [7, 11) is 0. The predicted octanol–water partition coefficient (Wildman–Crippen LogP) is 2.03. The van der Waals surface area contributed by atoms with Crippen LogP contribution in [0.25, 0.3) is 0 Å². The molecule has 0 aliphatic heterocycles. The molecule has 1 nitrogen and oxygen atoms in total. The third-order valence-electron chi connectivity index (χ3n) is 1.31. The van der Waals surface area contributed by atoms with Crippen molar-refractivity contribution in [2.45, 2.75) is 6.54 Å². The van der Waals surface area contributed by atoms with Crippen LogP contribution < -0.4 is 5.73 Å². The SMILES string of the molecule is NCc1cc(I)c(F)cc1F. The molecule has 0 unspecified atom stereocenters. The van der Waals surface area contributed by atoms with E-state index in [0.29, 0.717) is 9.13 Å². The Kier molecular flexibility index (Phi) is 2.78. The van der Waals surface area contributed by atoms with Crippen LogP contribution >= 0.6 is 22.6 Å². The molecule has 4 heteroatoms. The van der Waals surface area contributed by atoms with Crippen LogP contribution in [0.2, 0.25) is 0 Å². The summed E-state index contributed by atoms with van der Waals surface area (Å²) in [6.45, 7) is 0.0993. The van der Waals surface area contributed by atoms with E-state index in [2.05, 4.69) is 0 Å². The molecule has 0 bridgehead atoms. The molecule has 0 spiro atoms. The molecule has 0 aliphatic rings. The monoisotopic (exact) mass is 269 g/mol. The summed E-state index contributed by atoms with van der Waals surface area (Å²) in [5.41, 5.74) is 5.55. The molecule has 0 fully saturated rings. The van der Waals surface area contributed by atoms with Crippen LogP contribution in [-0.4, -0.2) is 0 Å². The number of nitrogens with two attached hydrogens (primary N) is 1. The second-order valence-electron chi connectivity index (χ2n) is 2.06. The zero-order valence-corrected chi connectivity index (χ0v) is 7.73. The largest absolute Gasteiger partial charge is 0.326 e. The van der Waals surface area contributed by atoms with E-state index in [1.165, 1.54) is 6.07 Å². The highest BCUT2D eigenvalue weighted by molar-refractivity contribution is 14.1. The standard InChI is InChI=1S/C7H6F2IN/c8-5-2-6(9)7(10)1-4(5)3-11/h1-2H,3,11H2. The summed E-state index contributed by atoms with van der Waals surface area (Å²) in [5, 5.41) is 0. The van der Waals surface area contributed by atoms with E-state index in [9.17, 15) is 8.78 Å². The fourth-order valence-electron chi connectivity index (χ4n) is 0.720. The van der Waals surface area contributed by atoms with Crippen molar-refractivity contribution in [3.63, 3.8) is 0 Å². The molecular formula is C7H6F2IN. The lowest BCUT2D eigenvalue weighted by molar-refractivity contribution is 0.568. The van der Waals surface area contributed by atoms with Gasteiger partial charge in [-0.15, -0.1) is 0 Å². The average molecular weight is 269 g/mol. The van der Waals surface area contributed by atoms with Gasteiger partial charge in [-0.05, 0) is 28.7 Å². The summed E-state index contributed by atoms with van der Waals surface area (Å²) in [5.74, 6) is -1.12. The number of hydrogen-bond acceptors (Lipinski definition) is 1. The van der Waals surface area contributed by atoms with Gasteiger partial charge in [0.1, 0.15) is 11.6 Å². The van der Waals surface area contributed by atoms with Gasteiger partial charge in [0.05, 0.1) is 0 Å². The predicted molar refractivity (Wildman–Crippen MR) is 47.0 cm³/mol. The van der Waals surface area contributed by atoms with Crippen molar-refractivity contribution in [1.82, 2.24) is 0 Å². The first-order chi connectivity index (χ1) is 5.15. The maximum absolute atomic E-state index is 12.7. The van der Waals surface area contributed by atoms with Crippen molar-refractivity contribution in [3.05, 3.63) is 32.9 Å². The Balaban J connectivity index is 3.21. The zero-order valence-electron chi connectivity index (χ0n) is 5.57. The lowest BCUT2D eigenvalue weighted by Crippen LogP contribution is -2.01. The molecule has 1 aromatic carbocycles. The average Bonchev–Trinajstić information content (AvgIpc) is 1.97. The molecule has 0 radical (unpaired) electrons. The summed E-state index contributed by atoms with van der Waals surface area (Å²) < 4.78 is 25.7. The van der Waals surface area contributed by atoms with Crippen molar-refractivity contribution in [2.24, 2.45) is 5.73 Å². The Morgan fingerprint density at radius 1 is 1.27 bits per heavy atom. The van der Waals surface area contributed by atoms with Gasteiger partial charge in [0.2, 0.25) is 0 Å². The van der Waals surface area contributed by atoms with Crippen molar-refractivity contribution < 1.29 is 8.78 Å². The summed E-state index contributed by atoms with van der Waals surface area (Å²) in [4.78, 5) is 0. The molecule has 0 aliphatic carbocycles. The third-order valence-corrected chi connectivity index (χ3v) is 2.14. The van der Waals surface area contributed by atoms with Crippen LogP contribution in [0, 0.1) is 15.2 Å². The normalized spacial score (nSPS) is 10.2. The molecule has 11 heavy (non-hydrogen) atoms. The Bertz CT molecular complexity index is 275. The van der Waals surface area contributed by atoms with Crippen LogP contribution in [-0.2, 0) is 6.54 Å². The van der Waals surface area contributed by atoms with Gasteiger partial charge >= 0.3 is 0 Å².